The van der Waals surface area contributed by atoms with E-state index in [1.165, 1.54) is 28.3 Å². The summed E-state index contributed by atoms with van der Waals surface area (Å²) in [5.41, 5.74) is 2.28. The summed E-state index contributed by atoms with van der Waals surface area (Å²) >= 11 is 0. The maximum atomic E-state index is 11.4. The second kappa shape index (κ2) is 3.69. The highest BCUT2D eigenvalue weighted by molar-refractivity contribution is 5.91. The number of hydrogen-bond donors (Lipinski definition) is 0. The lowest BCUT2D eigenvalue weighted by atomic mass is 9.64. The van der Waals surface area contributed by atoms with Crippen molar-refractivity contribution in [2.24, 2.45) is 0 Å². The monoisotopic (exact) mass is 224 g/mol. The quantitative estimate of drug-likeness (QED) is 0.710. The van der Waals surface area contributed by atoms with Crippen molar-refractivity contribution in [2.75, 3.05) is 0 Å². The van der Waals surface area contributed by atoms with E-state index in [2.05, 4.69) is 43.3 Å². The molecular weight excluding hydrogens is 208 g/mol. The van der Waals surface area contributed by atoms with Crippen LogP contribution in [0.15, 0.2) is 36.4 Å². The first kappa shape index (κ1) is 10.5. The van der Waals surface area contributed by atoms with Crippen molar-refractivity contribution in [2.45, 2.75) is 31.6 Å². The molecule has 1 heteroatoms. The Morgan fingerprint density at radius 3 is 2.65 bits per heavy atom. The van der Waals surface area contributed by atoms with E-state index in [0.717, 1.165) is 19.1 Å². The van der Waals surface area contributed by atoms with E-state index >= 15 is 0 Å². The summed E-state index contributed by atoms with van der Waals surface area (Å²) in [6.45, 7) is 2.10. The molecule has 0 amide bonds. The number of rotatable bonds is 2. The van der Waals surface area contributed by atoms with Gasteiger partial charge in [-0.3, -0.25) is 0 Å². The van der Waals surface area contributed by atoms with Gasteiger partial charge in [0.15, 0.2) is 0 Å². The zero-order valence-electron chi connectivity index (χ0n) is 10.1. The Bertz CT molecular complexity index is 579. The van der Waals surface area contributed by atoms with Crippen LogP contribution in [0.5, 0.6) is 0 Å². The van der Waals surface area contributed by atoms with Gasteiger partial charge in [-0.2, -0.15) is 0 Å². The summed E-state index contributed by atoms with van der Waals surface area (Å²) < 4.78 is 0. The Morgan fingerprint density at radius 2 is 2.00 bits per heavy atom. The average Bonchev–Trinajstić information content (AvgIpc) is 2.29. The molecule has 1 aliphatic carbocycles. The summed E-state index contributed by atoms with van der Waals surface area (Å²) in [4.78, 5) is 11.4. The Labute approximate surface area is 101 Å². The topological polar surface area (TPSA) is 17.1 Å². The summed E-state index contributed by atoms with van der Waals surface area (Å²) in [5.74, 6) is 0. The lowest BCUT2D eigenvalue weighted by Crippen LogP contribution is -2.35. The van der Waals surface area contributed by atoms with Crippen molar-refractivity contribution in [3.05, 3.63) is 47.5 Å². The SMILES string of the molecule is Cc1ccc2cccc(C3(C=O)CCC3)c2c1. The molecule has 86 valence electrons. The molecule has 0 bridgehead atoms. The number of benzene rings is 2. The van der Waals surface area contributed by atoms with Crippen LogP contribution in [0.3, 0.4) is 0 Å². The molecule has 1 fully saturated rings. The molecule has 0 atom stereocenters. The predicted molar refractivity (Wildman–Crippen MR) is 70.3 cm³/mol. The minimum Gasteiger partial charge on any atom is -0.302 e. The van der Waals surface area contributed by atoms with Crippen LogP contribution in [0.1, 0.15) is 30.4 Å². The molecule has 0 saturated heterocycles. The van der Waals surface area contributed by atoms with Gasteiger partial charge in [-0.15, -0.1) is 0 Å². The van der Waals surface area contributed by atoms with E-state index in [4.69, 9.17) is 0 Å². The van der Waals surface area contributed by atoms with Crippen LogP contribution in [0.25, 0.3) is 10.8 Å². The molecule has 0 unspecified atom stereocenters. The maximum absolute atomic E-state index is 11.4. The smallest absolute Gasteiger partial charge is 0.130 e. The molecule has 1 nitrogen and oxygen atoms in total. The number of hydrogen-bond acceptors (Lipinski definition) is 1. The zero-order chi connectivity index (χ0) is 11.9. The largest absolute Gasteiger partial charge is 0.302 e. The van der Waals surface area contributed by atoms with Gasteiger partial charge in [0.1, 0.15) is 6.29 Å². The van der Waals surface area contributed by atoms with E-state index in [0.29, 0.717) is 0 Å². The van der Waals surface area contributed by atoms with E-state index in [9.17, 15) is 4.79 Å². The Morgan fingerprint density at radius 1 is 1.18 bits per heavy atom. The summed E-state index contributed by atoms with van der Waals surface area (Å²) in [5, 5.41) is 2.49. The van der Waals surface area contributed by atoms with Crippen molar-refractivity contribution < 1.29 is 4.79 Å². The standard InChI is InChI=1S/C16H16O/c1-12-6-7-13-4-2-5-15(14(13)10-12)16(11-17)8-3-9-16/h2,4-7,10-11H,3,8-9H2,1H3. The number of carbonyl (C=O) groups excluding carboxylic acids is 1. The van der Waals surface area contributed by atoms with E-state index in [-0.39, 0.29) is 5.41 Å². The molecule has 0 spiro atoms. The van der Waals surface area contributed by atoms with E-state index in [1.807, 2.05) is 0 Å². The van der Waals surface area contributed by atoms with Crippen molar-refractivity contribution in [3.8, 4) is 0 Å². The molecule has 1 saturated carbocycles. The summed E-state index contributed by atoms with van der Waals surface area (Å²) in [7, 11) is 0. The van der Waals surface area contributed by atoms with Gasteiger partial charge in [-0.25, -0.2) is 0 Å². The van der Waals surface area contributed by atoms with Crippen molar-refractivity contribution in [1.29, 1.82) is 0 Å². The third-order valence-corrected chi connectivity index (χ3v) is 4.05. The molecular formula is C16H16O. The van der Waals surface area contributed by atoms with Crippen LogP contribution in [-0.4, -0.2) is 6.29 Å². The number of aldehydes is 1. The van der Waals surface area contributed by atoms with Gasteiger partial charge in [0.2, 0.25) is 0 Å². The fraction of sp³-hybridized carbons (Fsp3) is 0.312. The normalized spacial score (nSPS) is 17.7. The first-order chi connectivity index (χ1) is 8.25. The van der Waals surface area contributed by atoms with Crippen LogP contribution >= 0.6 is 0 Å². The van der Waals surface area contributed by atoms with Crippen LogP contribution in [0, 0.1) is 6.92 Å². The molecule has 2 aromatic carbocycles. The van der Waals surface area contributed by atoms with Gasteiger partial charge in [-0.1, -0.05) is 48.4 Å². The highest BCUT2D eigenvalue weighted by atomic mass is 16.1. The molecule has 0 aliphatic heterocycles. The Kier molecular flexibility index (Phi) is 2.29. The first-order valence-corrected chi connectivity index (χ1v) is 6.21. The highest BCUT2D eigenvalue weighted by Gasteiger charge is 2.39. The number of fused-ring (bicyclic) bond motifs is 1. The summed E-state index contributed by atoms with van der Waals surface area (Å²) in [6.07, 6.45) is 4.33. The molecule has 1 aliphatic rings. The van der Waals surface area contributed by atoms with Gasteiger partial charge in [0, 0.05) is 0 Å². The van der Waals surface area contributed by atoms with E-state index in [1.54, 1.807) is 0 Å². The van der Waals surface area contributed by atoms with Gasteiger partial charge in [-0.05, 0) is 36.1 Å². The maximum Gasteiger partial charge on any atom is 0.130 e. The van der Waals surface area contributed by atoms with Crippen LogP contribution < -0.4 is 0 Å². The van der Waals surface area contributed by atoms with Crippen LogP contribution in [0.2, 0.25) is 0 Å². The Balaban J connectivity index is 2.28. The number of aryl methyl sites for hydroxylation is 1. The molecule has 0 aromatic heterocycles. The molecule has 17 heavy (non-hydrogen) atoms. The van der Waals surface area contributed by atoms with E-state index < -0.39 is 0 Å². The highest BCUT2D eigenvalue weighted by Crippen LogP contribution is 2.44. The Hall–Kier alpha value is -1.63. The average molecular weight is 224 g/mol. The van der Waals surface area contributed by atoms with Gasteiger partial charge in [0.25, 0.3) is 0 Å². The molecule has 0 heterocycles. The fourth-order valence-corrected chi connectivity index (χ4v) is 2.83. The molecule has 3 rings (SSSR count). The minimum atomic E-state index is -0.201. The zero-order valence-corrected chi connectivity index (χ0v) is 10.1. The van der Waals surface area contributed by atoms with Gasteiger partial charge < -0.3 is 4.79 Å². The van der Waals surface area contributed by atoms with Crippen LogP contribution in [-0.2, 0) is 10.2 Å². The molecule has 0 radical (unpaired) electrons. The molecule has 0 N–H and O–H groups in total. The second-order valence-electron chi connectivity index (χ2n) is 5.16. The third-order valence-electron chi connectivity index (χ3n) is 4.05. The lowest BCUT2D eigenvalue weighted by Gasteiger charge is -2.38. The number of carbonyl (C=O) groups is 1. The molecule has 2 aromatic rings. The second-order valence-corrected chi connectivity index (χ2v) is 5.16. The van der Waals surface area contributed by atoms with Crippen molar-refractivity contribution in [3.63, 3.8) is 0 Å². The van der Waals surface area contributed by atoms with Crippen molar-refractivity contribution in [1.82, 2.24) is 0 Å². The minimum absolute atomic E-state index is 0.201. The third kappa shape index (κ3) is 1.49. The van der Waals surface area contributed by atoms with Gasteiger partial charge >= 0.3 is 0 Å². The summed E-state index contributed by atoms with van der Waals surface area (Å²) in [6, 6.07) is 12.8. The fourth-order valence-electron chi connectivity index (χ4n) is 2.83. The lowest BCUT2D eigenvalue weighted by molar-refractivity contribution is -0.115. The van der Waals surface area contributed by atoms with Crippen LogP contribution in [0.4, 0.5) is 0 Å². The first-order valence-electron chi connectivity index (χ1n) is 6.21. The van der Waals surface area contributed by atoms with Gasteiger partial charge in [0.05, 0.1) is 5.41 Å². The predicted octanol–water partition coefficient (Wildman–Crippen LogP) is 3.77. The van der Waals surface area contributed by atoms with Crippen molar-refractivity contribution >= 4 is 17.1 Å².